The van der Waals surface area contributed by atoms with Crippen LogP contribution in [-0.4, -0.2) is 11.0 Å². The number of hydrogen-bond acceptors (Lipinski definition) is 2. The molecule has 0 spiro atoms. The fourth-order valence-electron chi connectivity index (χ4n) is 4.20. The van der Waals surface area contributed by atoms with Crippen molar-refractivity contribution in [3.05, 3.63) is 22.9 Å². The number of hydrogen-bond donors (Lipinski definition) is 1. The van der Waals surface area contributed by atoms with E-state index in [-0.39, 0.29) is 0 Å². The molecule has 0 radical (unpaired) electrons. The van der Waals surface area contributed by atoms with E-state index in [2.05, 4.69) is 32.3 Å². The minimum atomic E-state index is 0.752. The average Bonchev–Trinajstić information content (AvgIpc) is 2.70. The van der Waals surface area contributed by atoms with E-state index < -0.39 is 0 Å². The van der Waals surface area contributed by atoms with E-state index in [9.17, 15) is 0 Å². The quantitative estimate of drug-likeness (QED) is 0.898. The van der Waals surface area contributed by atoms with Crippen molar-refractivity contribution in [2.24, 2.45) is 23.7 Å². The van der Waals surface area contributed by atoms with Gasteiger partial charge in [0, 0.05) is 16.7 Å². The first-order valence-corrected chi connectivity index (χ1v) is 6.99. The number of halogens is 1. The van der Waals surface area contributed by atoms with Crippen LogP contribution in [0.2, 0.25) is 0 Å². The van der Waals surface area contributed by atoms with Gasteiger partial charge in [0.05, 0.1) is 11.9 Å². The van der Waals surface area contributed by atoms with E-state index in [4.69, 9.17) is 0 Å². The van der Waals surface area contributed by atoms with Crippen molar-refractivity contribution >= 4 is 21.6 Å². The Morgan fingerprint density at radius 3 is 2.62 bits per heavy atom. The van der Waals surface area contributed by atoms with Crippen molar-refractivity contribution in [2.45, 2.75) is 25.3 Å². The van der Waals surface area contributed by atoms with Gasteiger partial charge in [0.25, 0.3) is 0 Å². The van der Waals surface area contributed by atoms with Crippen LogP contribution in [0.3, 0.4) is 0 Å². The molecule has 0 aliphatic heterocycles. The van der Waals surface area contributed by atoms with E-state index >= 15 is 0 Å². The summed E-state index contributed by atoms with van der Waals surface area (Å²) in [7, 11) is 0. The van der Waals surface area contributed by atoms with Crippen LogP contribution in [0.1, 0.15) is 19.3 Å². The lowest BCUT2D eigenvalue weighted by atomic mass is 10.0. The molecule has 4 unspecified atom stereocenters. The molecule has 4 atom stereocenters. The van der Waals surface area contributed by atoms with Gasteiger partial charge in [0.15, 0.2) is 0 Å². The maximum atomic E-state index is 4.20. The van der Waals surface area contributed by atoms with Crippen molar-refractivity contribution in [2.75, 3.05) is 5.32 Å². The molecule has 2 nitrogen and oxygen atoms in total. The van der Waals surface area contributed by atoms with Gasteiger partial charge >= 0.3 is 0 Å². The number of rotatable bonds is 2. The molecule has 1 heterocycles. The van der Waals surface area contributed by atoms with Gasteiger partial charge in [-0.3, -0.25) is 4.98 Å². The van der Waals surface area contributed by atoms with Gasteiger partial charge in [-0.25, -0.2) is 0 Å². The highest BCUT2D eigenvalue weighted by Gasteiger charge is 2.64. The summed E-state index contributed by atoms with van der Waals surface area (Å²) in [5, 5.41) is 3.67. The molecule has 4 rings (SSSR count). The van der Waals surface area contributed by atoms with Gasteiger partial charge in [0.1, 0.15) is 0 Å². The molecule has 1 aromatic heterocycles. The van der Waals surface area contributed by atoms with Gasteiger partial charge in [-0.2, -0.15) is 0 Å². The number of pyridine rings is 1. The van der Waals surface area contributed by atoms with Crippen molar-refractivity contribution in [3.63, 3.8) is 0 Å². The minimum Gasteiger partial charge on any atom is -0.380 e. The zero-order chi connectivity index (χ0) is 10.7. The summed E-state index contributed by atoms with van der Waals surface area (Å²) in [5.41, 5.74) is 1.17. The molecule has 3 aliphatic carbocycles. The number of aromatic nitrogens is 1. The summed E-state index contributed by atoms with van der Waals surface area (Å²) >= 11 is 3.47. The minimum absolute atomic E-state index is 0.752. The van der Waals surface area contributed by atoms with Crippen LogP contribution in [0, 0.1) is 23.7 Å². The molecular formula is C13H15BrN2. The molecule has 3 heteroatoms. The molecule has 3 aliphatic rings. The van der Waals surface area contributed by atoms with E-state index in [1.165, 1.54) is 24.9 Å². The number of nitrogens with one attached hydrogen (secondary N) is 1. The highest BCUT2D eigenvalue weighted by Crippen LogP contribution is 2.66. The Labute approximate surface area is 104 Å². The van der Waals surface area contributed by atoms with Crippen LogP contribution in [0.25, 0.3) is 0 Å². The van der Waals surface area contributed by atoms with Crippen molar-refractivity contribution < 1.29 is 0 Å². The largest absolute Gasteiger partial charge is 0.380 e. The third-order valence-electron chi connectivity index (χ3n) is 4.77. The van der Waals surface area contributed by atoms with Crippen LogP contribution >= 0.6 is 15.9 Å². The van der Waals surface area contributed by atoms with Gasteiger partial charge < -0.3 is 5.32 Å². The van der Waals surface area contributed by atoms with Crippen molar-refractivity contribution in [3.8, 4) is 0 Å². The van der Waals surface area contributed by atoms with E-state index in [0.717, 1.165) is 34.2 Å². The summed E-state index contributed by atoms with van der Waals surface area (Å²) in [6, 6.07) is 2.88. The SMILES string of the molecule is Brc1cncc(NC2C3C4CCC(C4)C23)c1. The second-order valence-electron chi connectivity index (χ2n) is 5.55. The molecule has 1 N–H and O–H groups in total. The van der Waals surface area contributed by atoms with Gasteiger partial charge in [-0.15, -0.1) is 0 Å². The van der Waals surface area contributed by atoms with Gasteiger partial charge in [0.2, 0.25) is 0 Å². The maximum absolute atomic E-state index is 4.20. The van der Waals surface area contributed by atoms with Crippen molar-refractivity contribution in [1.29, 1.82) is 0 Å². The Morgan fingerprint density at radius 1 is 1.19 bits per heavy atom. The Morgan fingerprint density at radius 2 is 1.94 bits per heavy atom. The molecule has 0 aromatic carbocycles. The third-order valence-corrected chi connectivity index (χ3v) is 5.21. The van der Waals surface area contributed by atoms with Crippen LogP contribution in [0.15, 0.2) is 22.9 Å². The lowest BCUT2D eigenvalue weighted by molar-refractivity contribution is 0.456. The zero-order valence-electron chi connectivity index (χ0n) is 9.07. The second kappa shape index (κ2) is 3.22. The first-order valence-electron chi connectivity index (χ1n) is 6.20. The number of anilines is 1. The molecule has 16 heavy (non-hydrogen) atoms. The summed E-state index contributed by atoms with van der Waals surface area (Å²) in [4.78, 5) is 4.20. The maximum Gasteiger partial charge on any atom is 0.0540 e. The summed E-state index contributed by atoms with van der Waals surface area (Å²) in [6.07, 6.45) is 8.26. The Bertz CT molecular complexity index is 418. The zero-order valence-corrected chi connectivity index (χ0v) is 10.7. The smallest absolute Gasteiger partial charge is 0.0540 e. The summed E-state index contributed by atoms with van der Waals surface area (Å²) < 4.78 is 1.06. The molecule has 0 saturated heterocycles. The van der Waals surface area contributed by atoms with Crippen LogP contribution in [-0.2, 0) is 0 Å². The monoisotopic (exact) mass is 278 g/mol. The number of nitrogens with zero attached hydrogens (tertiary/aromatic N) is 1. The molecule has 0 amide bonds. The molecular weight excluding hydrogens is 264 g/mol. The molecule has 3 saturated carbocycles. The Kier molecular flexibility index (Phi) is 1.90. The second-order valence-corrected chi connectivity index (χ2v) is 6.47. The first-order chi connectivity index (χ1) is 7.83. The predicted molar refractivity (Wildman–Crippen MR) is 67.2 cm³/mol. The molecule has 84 valence electrons. The highest BCUT2D eigenvalue weighted by molar-refractivity contribution is 9.10. The Hall–Kier alpha value is -0.570. The highest BCUT2D eigenvalue weighted by atomic mass is 79.9. The van der Waals surface area contributed by atoms with Crippen molar-refractivity contribution in [1.82, 2.24) is 4.98 Å². The lowest BCUT2D eigenvalue weighted by Gasteiger charge is -2.11. The molecule has 1 aromatic rings. The fourth-order valence-corrected chi connectivity index (χ4v) is 4.57. The third kappa shape index (κ3) is 1.27. The van der Waals surface area contributed by atoms with Gasteiger partial charge in [-0.05, 0) is 64.9 Å². The van der Waals surface area contributed by atoms with Gasteiger partial charge in [-0.1, -0.05) is 0 Å². The van der Waals surface area contributed by atoms with Crippen LogP contribution in [0.5, 0.6) is 0 Å². The lowest BCUT2D eigenvalue weighted by Crippen LogP contribution is -2.12. The summed E-state index contributed by atoms with van der Waals surface area (Å²) in [5.74, 6) is 4.04. The standard InChI is InChI=1S/C13H15BrN2/c14-9-4-10(6-15-5-9)16-13-11-7-1-2-8(3-7)12(11)13/h4-8,11-13,16H,1-3H2. The first kappa shape index (κ1) is 9.46. The fraction of sp³-hybridized carbons (Fsp3) is 0.615. The molecule has 2 bridgehead atoms. The number of fused-ring (bicyclic) bond motifs is 5. The summed E-state index contributed by atoms with van der Waals surface area (Å²) in [6.45, 7) is 0. The van der Waals surface area contributed by atoms with E-state index in [0.29, 0.717) is 0 Å². The average molecular weight is 279 g/mol. The molecule has 3 fully saturated rings. The van der Waals surface area contributed by atoms with E-state index in [1.807, 2.05) is 12.4 Å². The van der Waals surface area contributed by atoms with E-state index in [1.54, 1.807) is 0 Å². The Balaban J connectivity index is 1.51. The topological polar surface area (TPSA) is 24.9 Å². The normalized spacial score (nSPS) is 43.2. The van der Waals surface area contributed by atoms with Crippen LogP contribution in [0.4, 0.5) is 5.69 Å². The van der Waals surface area contributed by atoms with Crippen LogP contribution < -0.4 is 5.32 Å². The predicted octanol–water partition coefficient (Wildman–Crippen LogP) is 3.30.